The second-order valence-electron chi connectivity index (χ2n) is 8.19. The van der Waals surface area contributed by atoms with Gasteiger partial charge in [-0.25, -0.2) is 4.39 Å². The maximum Gasteiger partial charge on any atom is 0.258 e. The topological polar surface area (TPSA) is 40.6 Å². The van der Waals surface area contributed by atoms with E-state index in [1.807, 2.05) is 73.3 Å². The highest BCUT2D eigenvalue weighted by Crippen LogP contribution is 2.43. The Hall–Kier alpha value is -3.47. The highest BCUT2D eigenvalue weighted by molar-refractivity contribution is 6.07. The lowest BCUT2D eigenvalue weighted by molar-refractivity contribution is -0.119. The van der Waals surface area contributed by atoms with Crippen LogP contribution in [0.25, 0.3) is 0 Å². The Morgan fingerprint density at radius 3 is 2.31 bits per heavy atom. The lowest BCUT2D eigenvalue weighted by Gasteiger charge is -2.43. The van der Waals surface area contributed by atoms with Crippen molar-refractivity contribution < 1.29 is 14.0 Å². The lowest BCUT2D eigenvalue weighted by atomic mass is 9.89. The zero-order valence-corrected chi connectivity index (χ0v) is 18.4. The molecule has 0 bridgehead atoms. The van der Waals surface area contributed by atoms with Crippen molar-refractivity contribution in [3.05, 3.63) is 95.8 Å². The van der Waals surface area contributed by atoms with E-state index in [1.54, 1.807) is 4.90 Å². The van der Waals surface area contributed by atoms with Crippen LogP contribution >= 0.6 is 0 Å². The molecule has 0 aromatic heterocycles. The average Bonchev–Trinajstić information content (AvgIpc) is 2.80. The number of fused-ring (bicyclic) bond motifs is 1. The number of amides is 2. The summed E-state index contributed by atoms with van der Waals surface area (Å²) in [7, 11) is 0. The van der Waals surface area contributed by atoms with Crippen molar-refractivity contribution in [3.8, 4) is 0 Å². The first kappa shape index (κ1) is 21.8. The van der Waals surface area contributed by atoms with E-state index in [4.69, 9.17) is 0 Å². The molecule has 3 aromatic carbocycles. The molecule has 0 saturated heterocycles. The molecule has 0 saturated carbocycles. The van der Waals surface area contributed by atoms with Gasteiger partial charge in [-0.05, 0) is 67.8 Å². The molecule has 4 nitrogen and oxygen atoms in total. The van der Waals surface area contributed by atoms with Crippen LogP contribution in [-0.4, -0.2) is 17.9 Å². The zero-order valence-electron chi connectivity index (χ0n) is 18.4. The molecule has 164 valence electrons. The Labute approximate surface area is 188 Å². The lowest BCUT2D eigenvalue weighted by Crippen LogP contribution is -2.47. The average molecular weight is 431 g/mol. The molecule has 2 amide bonds. The summed E-state index contributed by atoms with van der Waals surface area (Å²) in [5, 5.41) is 0. The van der Waals surface area contributed by atoms with Crippen LogP contribution in [0, 0.1) is 5.82 Å². The molecular weight excluding hydrogens is 403 g/mol. The number of benzene rings is 3. The maximum atomic E-state index is 13.4. The molecule has 3 aromatic rings. The number of carbonyl (C=O) groups is 2. The monoisotopic (exact) mass is 430 g/mol. The number of halogens is 1. The molecule has 0 fully saturated rings. The van der Waals surface area contributed by atoms with Gasteiger partial charge in [0.1, 0.15) is 5.82 Å². The van der Waals surface area contributed by atoms with Crippen molar-refractivity contribution >= 4 is 23.2 Å². The largest absolute Gasteiger partial charge is 0.305 e. The quantitative estimate of drug-likeness (QED) is 0.488. The van der Waals surface area contributed by atoms with E-state index in [0.717, 1.165) is 23.4 Å². The minimum Gasteiger partial charge on any atom is -0.305 e. The van der Waals surface area contributed by atoms with E-state index < -0.39 is 0 Å². The summed E-state index contributed by atoms with van der Waals surface area (Å²) in [4.78, 5) is 30.3. The summed E-state index contributed by atoms with van der Waals surface area (Å²) in [6.45, 7) is 4.00. The first-order chi connectivity index (χ1) is 15.5. The van der Waals surface area contributed by atoms with E-state index in [9.17, 15) is 14.0 Å². The van der Waals surface area contributed by atoms with Crippen molar-refractivity contribution in [3.63, 3.8) is 0 Å². The second-order valence-corrected chi connectivity index (χ2v) is 8.19. The molecule has 0 aliphatic carbocycles. The van der Waals surface area contributed by atoms with Crippen LogP contribution in [0.15, 0.2) is 78.9 Å². The van der Waals surface area contributed by atoms with Crippen LogP contribution in [0.5, 0.6) is 0 Å². The third-order valence-electron chi connectivity index (χ3n) is 5.95. The Kier molecular flexibility index (Phi) is 6.35. The summed E-state index contributed by atoms with van der Waals surface area (Å²) in [6, 6.07) is 22.8. The third kappa shape index (κ3) is 4.15. The van der Waals surface area contributed by atoms with Crippen molar-refractivity contribution in [2.75, 3.05) is 9.80 Å². The smallest absolute Gasteiger partial charge is 0.258 e. The van der Waals surface area contributed by atoms with Crippen LogP contribution in [0.4, 0.5) is 15.8 Å². The fraction of sp³-hybridized carbons (Fsp3) is 0.259. The first-order valence-electron chi connectivity index (χ1n) is 11.1. The summed E-state index contributed by atoms with van der Waals surface area (Å²) in [6.07, 6.45) is 1.83. The van der Waals surface area contributed by atoms with Crippen molar-refractivity contribution in [1.82, 2.24) is 0 Å². The maximum absolute atomic E-state index is 13.4. The molecule has 5 heteroatoms. The van der Waals surface area contributed by atoms with E-state index in [1.165, 1.54) is 24.3 Å². The highest BCUT2D eigenvalue weighted by Gasteiger charge is 2.38. The van der Waals surface area contributed by atoms with E-state index in [-0.39, 0.29) is 29.7 Å². The van der Waals surface area contributed by atoms with Gasteiger partial charge in [0, 0.05) is 29.4 Å². The molecule has 0 spiro atoms. The van der Waals surface area contributed by atoms with Gasteiger partial charge in [0.05, 0.1) is 6.04 Å². The van der Waals surface area contributed by atoms with Crippen molar-refractivity contribution in [2.24, 2.45) is 0 Å². The Morgan fingerprint density at radius 2 is 1.62 bits per heavy atom. The van der Waals surface area contributed by atoms with Gasteiger partial charge in [-0.3, -0.25) is 9.59 Å². The molecule has 1 aliphatic heterocycles. The van der Waals surface area contributed by atoms with Crippen molar-refractivity contribution in [1.29, 1.82) is 0 Å². The fourth-order valence-electron chi connectivity index (χ4n) is 4.49. The molecule has 2 atom stereocenters. The number of para-hydroxylation sites is 2. The molecule has 32 heavy (non-hydrogen) atoms. The van der Waals surface area contributed by atoms with Crippen LogP contribution in [0.3, 0.4) is 0 Å². The molecular formula is C27H27FN2O2. The normalized spacial score (nSPS) is 17.5. The van der Waals surface area contributed by atoms with Gasteiger partial charge in [0.25, 0.3) is 5.91 Å². The molecule has 0 N–H and O–H groups in total. The molecule has 4 rings (SSSR count). The fourth-order valence-corrected chi connectivity index (χ4v) is 4.49. The molecule has 1 heterocycles. The summed E-state index contributed by atoms with van der Waals surface area (Å²) < 4.78 is 13.4. The summed E-state index contributed by atoms with van der Waals surface area (Å²) in [5.74, 6) is -0.472. The Bertz CT molecular complexity index is 1100. The summed E-state index contributed by atoms with van der Waals surface area (Å²) in [5.41, 5.74) is 3.02. The van der Waals surface area contributed by atoms with Crippen LogP contribution in [0.1, 0.15) is 55.1 Å². The van der Waals surface area contributed by atoms with E-state index in [0.29, 0.717) is 18.4 Å². The number of rotatable bonds is 5. The van der Waals surface area contributed by atoms with Crippen LogP contribution in [0.2, 0.25) is 0 Å². The van der Waals surface area contributed by atoms with E-state index >= 15 is 0 Å². The molecule has 0 radical (unpaired) electrons. The van der Waals surface area contributed by atoms with Gasteiger partial charge >= 0.3 is 0 Å². The Morgan fingerprint density at radius 1 is 0.969 bits per heavy atom. The summed E-state index contributed by atoms with van der Waals surface area (Å²) >= 11 is 0. The van der Waals surface area contributed by atoms with Gasteiger partial charge < -0.3 is 9.80 Å². The van der Waals surface area contributed by atoms with Crippen LogP contribution in [-0.2, 0) is 4.79 Å². The zero-order chi connectivity index (χ0) is 22.7. The van der Waals surface area contributed by atoms with Gasteiger partial charge in [0.15, 0.2) is 0 Å². The number of anilines is 2. The number of hydrogen-bond acceptors (Lipinski definition) is 2. The molecule has 2 unspecified atom stereocenters. The third-order valence-corrected chi connectivity index (χ3v) is 5.95. The first-order valence-corrected chi connectivity index (χ1v) is 11.1. The van der Waals surface area contributed by atoms with Gasteiger partial charge in [-0.2, -0.15) is 0 Å². The highest BCUT2D eigenvalue weighted by atomic mass is 19.1. The van der Waals surface area contributed by atoms with E-state index in [2.05, 4.69) is 0 Å². The van der Waals surface area contributed by atoms with Gasteiger partial charge in [-0.15, -0.1) is 0 Å². The predicted molar refractivity (Wildman–Crippen MR) is 125 cm³/mol. The van der Waals surface area contributed by atoms with Gasteiger partial charge in [-0.1, -0.05) is 43.3 Å². The van der Waals surface area contributed by atoms with Gasteiger partial charge in [0.2, 0.25) is 5.91 Å². The number of carbonyl (C=O) groups excluding carboxylic acids is 2. The van der Waals surface area contributed by atoms with Crippen molar-refractivity contribution in [2.45, 2.75) is 45.2 Å². The molecule has 1 aliphatic rings. The standard InChI is InChI=1S/C27H27FN2O2/c1-3-9-26(31)30(22-10-5-4-6-11-22)25-18-19(2)29(24-13-8-7-12-23(24)25)27(32)20-14-16-21(28)17-15-20/h4-8,10-17,19,25H,3,9,18H2,1-2H3. The minimum absolute atomic E-state index is 0.0732. The SMILES string of the molecule is CCCC(=O)N(c1ccccc1)C1CC(C)N(C(=O)c2ccc(F)cc2)c2ccccc21. The number of nitrogens with zero attached hydrogens (tertiary/aromatic N) is 2. The number of hydrogen-bond donors (Lipinski definition) is 0. The van der Waals surface area contributed by atoms with Crippen LogP contribution < -0.4 is 9.80 Å². The second kappa shape index (κ2) is 9.35. The Balaban J connectivity index is 1.77. The predicted octanol–water partition coefficient (Wildman–Crippen LogP) is 6.14. The minimum atomic E-state index is -0.373.